The lowest BCUT2D eigenvalue weighted by Gasteiger charge is -2.03. The van der Waals surface area contributed by atoms with Crippen LogP contribution < -0.4 is 5.32 Å². The molecule has 5 heteroatoms. The summed E-state index contributed by atoms with van der Waals surface area (Å²) in [6, 6.07) is 11.9. The molecule has 0 aliphatic rings. The highest BCUT2D eigenvalue weighted by Gasteiger charge is 2.12. The predicted molar refractivity (Wildman–Crippen MR) is 76.3 cm³/mol. The normalized spacial score (nSPS) is 11.0. The van der Waals surface area contributed by atoms with Crippen molar-refractivity contribution < 1.29 is 0 Å². The first-order chi connectivity index (χ1) is 9.38. The molecule has 19 heavy (non-hydrogen) atoms. The van der Waals surface area contributed by atoms with Crippen molar-refractivity contribution in [1.29, 1.82) is 0 Å². The Hall–Kier alpha value is -1.85. The van der Waals surface area contributed by atoms with Crippen LogP contribution in [0.4, 0.5) is 0 Å². The molecule has 0 fully saturated rings. The summed E-state index contributed by atoms with van der Waals surface area (Å²) in [4.78, 5) is 9.01. The van der Waals surface area contributed by atoms with Crippen molar-refractivity contribution >= 4 is 17.4 Å². The van der Waals surface area contributed by atoms with E-state index < -0.39 is 0 Å². The third kappa shape index (κ3) is 2.47. The Kier molecular flexibility index (Phi) is 3.48. The van der Waals surface area contributed by atoms with Gasteiger partial charge in [0, 0.05) is 18.9 Å². The fourth-order valence-corrected chi connectivity index (χ4v) is 2.83. The second kappa shape index (κ2) is 5.42. The monoisotopic (exact) mass is 270 g/mol. The summed E-state index contributed by atoms with van der Waals surface area (Å²) in [5.41, 5.74) is 2.12. The van der Waals surface area contributed by atoms with Crippen LogP contribution in [-0.4, -0.2) is 21.4 Å². The number of hydrogen-bond acceptors (Lipinski definition) is 4. The van der Waals surface area contributed by atoms with E-state index in [1.807, 2.05) is 49.6 Å². The van der Waals surface area contributed by atoms with E-state index in [1.54, 1.807) is 18.0 Å². The second-order valence-electron chi connectivity index (χ2n) is 4.09. The van der Waals surface area contributed by atoms with E-state index >= 15 is 0 Å². The van der Waals surface area contributed by atoms with Crippen LogP contribution in [0.1, 0.15) is 5.69 Å². The van der Waals surface area contributed by atoms with Gasteiger partial charge in [0.1, 0.15) is 15.7 Å². The number of imidazole rings is 1. The highest BCUT2D eigenvalue weighted by Crippen LogP contribution is 2.28. The van der Waals surface area contributed by atoms with Crippen molar-refractivity contribution in [1.82, 2.24) is 19.7 Å². The molecule has 0 saturated heterocycles. The second-order valence-corrected chi connectivity index (χ2v) is 5.10. The zero-order chi connectivity index (χ0) is 13.1. The molecule has 0 aromatic carbocycles. The first kappa shape index (κ1) is 12.2. The largest absolute Gasteiger partial charge is 0.314 e. The average Bonchev–Trinajstić information content (AvgIpc) is 2.79. The van der Waals surface area contributed by atoms with E-state index in [1.165, 1.54) is 0 Å². The Labute approximate surface area is 115 Å². The highest BCUT2D eigenvalue weighted by atomic mass is 32.2. The van der Waals surface area contributed by atoms with E-state index in [0.717, 1.165) is 27.9 Å². The van der Waals surface area contributed by atoms with E-state index in [4.69, 9.17) is 0 Å². The first-order valence-corrected chi connectivity index (χ1v) is 6.89. The van der Waals surface area contributed by atoms with Gasteiger partial charge in [-0.25, -0.2) is 9.97 Å². The number of hydrogen-bond donors (Lipinski definition) is 1. The minimum absolute atomic E-state index is 0.778. The molecule has 3 rings (SSSR count). The Bertz CT molecular complexity index is 678. The lowest BCUT2D eigenvalue weighted by Crippen LogP contribution is -2.08. The van der Waals surface area contributed by atoms with Gasteiger partial charge in [-0.15, -0.1) is 0 Å². The minimum Gasteiger partial charge on any atom is -0.314 e. The van der Waals surface area contributed by atoms with Crippen LogP contribution in [0.5, 0.6) is 0 Å². The maximum Gasteiger partial charge on any atom is 0.138 e. The number of nitrogens with zero attached hydrogens (tertiary/aromatic N) is 3. The summed E-state index contributed by atoms with van der Waals surface area (Å²) in [5, 5.41) is 5.15. The Morgan fingerprint density at radius 3 is 2.89 bits per heavy atom. The van der Waals surface area contributed by atoms with Crippen molar-refractivity contribution in [2.75, 3.05) is 7.05 Å². The first-order valence-electron chi connectivity index (χ1n) is 6.08. The number of fused-ring (bicyclic) bond motifs is 1. The van der Waals surface area contributed by atoms with Gasteiger partial charge >= 0.3 is 0 Å². The summed E-state index contributed by atoms with van der Waals surface area (Å²) in [6.07, 6.45) is 3.84. The van der Waals surface area contributed by atoms with Gasteiger partial charge in [-0.3, -0.25) is 0 Å². The van der Waals surface area contributed by atoms with Crippen LogP contribution >= 0.6 is 11.8 Å². The van der Waals surface area contributed by atoms with Crippen LogP contribution in [0.15, 0.2) is 58.8 Å². The van der Waals surface area contributed by atoms with Crippen LogP contribution in [0.2, 0.25) is 0 Å². The lowest BCUT2D eigenvalue weighted by atomic mass is 10.4. The van der Waals surface area contributed by atoms with Gasteiger partial charge in [-0.1, -0.05) is 12.1 Å². The quantitative estimate of drug-likeness (QED) is 0.791. The Morgan fingerprint density at radius 1 is 1.21 bits per heavy atom. The molecule has 96 valence electrons. The molecule has 0 aliphatic carbocycles. The molecule has 0 spiro atoms. The summed E-state index contributed by atoms with van der Waals surface area (Å²) in [7, 11) is 1.94. The summed E-state index contributed by atoms with van der Waals surface area (Å²) in [5.74, 6) is 0. The highest BCUT2D eigenvalue weighted by molar-refractivity contribution is 7.99. The molecule has 0 saturated carbocycles. The van der Waals surface area contributed by atoms with Crippen molar-refractivity contribution in [3.8, 4) is 0 Å². The molecule has 0 radical (unpaired) electrons. The molecular weight excluding hydrogens is 256 g/mol. The van der Waals surface area contributed by atoms with Crippen LogP contribution in [-0.2, 0) is 6.54 Å². The SMILES string of the molecule is CNCc1c(Sc2ccccn2)nc2ccccn12. The summed E-state index contributed by atoms with van der Waals surface area (Å²) in [6.45, 7) is 0.778. The molecule has 0 aliphatic heterocycles. The molecule has 0 atom stereocenters. The molecule has 0 amide bonds. The molecule has 0 bridgehead atoms. The molecule has 3 aromatic heterocycles. The molecule has 1 N–H and O–H groups in total. The van der Waals surface area contributed by atoms with E-state index in [2.05, 4.69) is 19.7 Å². The lowest BCUT2D eigenvalue weighted by molar-refractivity contribution is 0.764. The maximum absolute atomic E-state index is 4.67. The molecule has 4 nitrogen and oxygen atoms in total. The van der Waals surface area contributed by atoms with Gasteiger partial charge < -0.3 is 9.72 Å². The summed E-state index contributed by atoms with van der Waals surface area (Å²) >= 11 is 1.60. The smallest absolute Gasteiger partial charge is 0.138 e. The molecule has 3 heterocycles. The van der Waals surface area contributed by atoms with Crippen molar-refractivity contribution in [3.05, 3.63) is 54.5 Å². The van der Waals surface area contributed by atoms with Crippen LogP contribution in [0, 0.1) is 0 Å². The zero-order valence-corrected chi connectivity index (χ0v) is 11.4. The fourth-order valence-electron chi connectivity index (χ4n) is 1.94. The standard InChI is InChI=1S/C14H14N4S/c1-15-10-11-14(19-13-7-2-4-8-16-13)17-12-6-3-5-9-18(11)12/h2-9,15H,10H2,1H3. The van der Waals surface area contributed by atoms with Gasteiger partial charge in [0.25, 0.3) is 0 Å². The van der Waals surface area contributed by atoms with Crippen molar-refractivity contribution in [2.45, 2.75) is 16.6 Å². The molecule has 0 unspecified atom stereocenters. The maximum atomic E-state index is 4.67. The predicted octanol–water partition coefficient (Wildman–Crippen LogP) is 2.60. The fraction of sp³-hybridized carbons (Fsp3) is 0.143. The van der Waals surface area contributed by atoms with Crippen LogP contribution in [0.25, 0.3) is 5.65 Å². The van der Waals surface area contributed by atoms with E-state index in [-0.39, 0.29) is 0 Å². The Balaban J connectivity index is 2.04. The van der Waals surface area contributed by atoms with E-state index in [0.29, 0.717) is 0 Å². The molecule has 3 aromatic rings. The number of rotatable bonds is 4. The third-order valence-electron chi connectivity index (χ3n) is 2.78. The molecular formula is C14H14N4S. The number of nitrogens with one attached hydrogen (secondary N) is 1. The van der Waals surface area contributed by atoms with Gasteiger partial charge in [-0.2, -0.15) is 0 Å². The average molecular weight is 270 g/mol. The van der Waals surface area contributed by atoms with E-state index in [9.17, 15) is 0 Å². The number of aromatic nitrogens is 3. The van der Waals surface area contributed by atoms with Gasteiger partial charge in [0.05, 0.1) is 5.69 Å². The Morgan fingerprint density at radius 2 is 2.11 bits per heavy atom. The van der Waals surface area contributed by atoms with Crippen molar-refractivity contribution in [2.24, 2.45) is 0 Å². The van der Waals surface area contributed by atoms with Crippen LogP contribution in [0.3, 0.4) is 0 Å². The minimum atomic E-state index is 0.778. The third-order valence-corrected chi connectivity index (χ3v) is 3.75. The topological polar surface area (TPSA) is 42.2 Å². The summed E-state index contributed by atoms with van der Waals surface area (Å²) < 4.78 is 2.11. The van der Waals surface area contributed by atoms with Gasteiger partial charge in [0.2, 0.25) is 0 Å². The van der Waals surface area contributed by atoms with Gasteiger partial charge in [0.15, 0.2) is 0 Å². The van der Waals surface area contributed by atoms with Crippen molar-refractivity contribution in [3.63, 3.8) is 0 Å². The zero-order valence-electron chi connectivity index (χ0n) is 10.6. The van der Waals surface area contributed by atoms with Gasteiger partial charge in [-0.05, 0) is 43.1 Å². The number of pyridine rings is 2.